The van der Waals surface area contributed by atoms with Crippen LogP contribution in [0.1, 0.15) is 47.2 Å². The van der Waals surface area contributed by atoms with Gasteiger partial charge in [-0.15, -0.1) is 0 Å². The number of benzene rings is 1. The molecule has 2 rings (SSSR count). The van der Waals surface area contributed by atoms with E-state index in [1.807, 2.05) is 13.8 Å². The number of hydroxylamine groups is 1. The van der Waals surface area contributed by atoms with E-state index in [0.717, 1.165) is 5.56 Å². The molecule has 0 aliphatic rings. The first-order chi connectivity index (χ1) is 13.3. The van der Waals surface area contributed by atoms with Crippen LogP contribution in [0.15, 0.2) is 18.2 Å². The van der Waals surface area contributed by atoms with Crippen molar-refractivity contribution in [1.29, 1.82) is 0 Å². The molecular formula is C19H25ClFN3O4. The molecule has 154 valence electrons. The van der Waals surface area contributed by atoms with Crippen LogP contribution in [0.2, 0.25) is 5.02 Å². The Morgan fingerprint density at radius 1 is 1.32 bits per heavy atom. The zero-order chi connectivity index (χ0) is 21.4. The lowest BCUT2D eigenvalue weighted by Crippen LogP contribution is -2.26. The number of Topliss-reactive ketones (excluding diaryl/α,β-unsaturated/α-hetero) is 1. The van der Waals surface area contributed by atoms with Gasteiger partial charge in [-0.25, -0.2) is 9.87 Å². The van der Waals surface area contributed by atoms with Gasteiger partial charge in [0.2, 0.25) is 0 Å². The van der Waals surface area contributed by atoms with Crippen molar-refractivity contribution >= 4 is 34.8 Å². The Morgan fingerprint density at radius 2 is 1.96 bits per heavy atom. The average Bonchev–Trinajstić information content (AvgIpc) is 2.89. The summed E-state index contributed by atoms with van der Waals surface area (Å²) in [5, 5.41) is 11.4. The number of aryl methyl sites for hydroxylation is 1. The van der Waals surface area contributed by atoms with Crippen molar-refractivity contribution in [3.05, 3.63) is 45.9 Å². The van der Waals surface area contributed by atoms with Crippen LogP contribution in [0.4, 0.5) is 15.9 Å². The summed E-state index contributed by atoms with van der Waals surface area (Å²) in [5.74, 6) is -1.48. The van der Waals surface area contributed by atoms with Crippen molar-refractivity contribution in [2.45, 2.75) is 27.7 Å². The van der Waals surface area contributed by atoms with Crippen molar-refractivity contribution in [2.75, 3.05) is 18.5 Å². The van der Waals surface area contributed by atoms with Gasteiger partial charge in [-0.1, -0.05) is 31.5 Å². The fourth-order valence-corrected chi connectivity index (χ4v) is 2.89. The van der Waals surface area contributed by atoms with Gasteiger partial charge in [-0.05, 0) is 24.6 Å². The summed E-state index contributed by atoms with van der Waals surface area (Å²) in [7, 11) is 1.53. The second-order valence-corrected chi connectivity index (χ2v) is 5.99. The molecule has 0 aliphatic carbocycles. The van der Waals surface area contributed by atoms with E-state index in [0.29, 0.717) is 0 Å². The minimum atomic E-state index is -0.735. The maximum absolute atomic E-state index is 14.2. The zero-order valence-electron chi connectivity index (χ0n) is 16.5. The maximum atomic E-state index is 14.2. The maximum Gasteiger partial charge on any atom is 0.280 e. The van der Waals surface area contributed by atoms with E-state index in [2.05, 4.69) is 10.8 Å². The number of nitrogens with one attached hydrogen (secondary N) is 2. The third-order valence-electron chi connectivity index (χ3n) is 3.63. The molecule has 0 bridgehead atoms. The molecule has 2 aromatic rings. The summed E-state index contributed by atoms with van der Waals surface area (Å²) in [6.45, 7) is 6.64. The number of nitrogens with zero attached hydrogens (tertiary/aromatic N) is 1. The van der Waals surface area contributed by atoms with Crippen molar-refractivity contribution in [3.63, 3.8) is 0 Å². The molecule has 7 nitrogen and oxygen atoms in total. The van der Waals surface area contributed by atoms with Gasteiger partial charge in [0.1, 0.15) is 22.9 Å². The molecule has 0 spiro atoms. The predicted octanol–water partition coefficient (Wildman–Crippen LogP) is 3.75. The number of hydrogen-bond donors (Lipinski definition) is 3. The van der Waals surface area contributed by atoms with Gasteiger partial charge in [0, 0.05) is 14.0 Å². The predicted molar refractivity (Wildman–Crippen MR) is 107 cm³/mol. The second kappa shape index (κ2) is 10.8. The van der Waals surface area contributed by atoms with E-state index in [1.54, 1.807) is 13.0 Å². The Balaban J connectivity index is 0.00000190. The standard InChI is InChI=1S/C17H19ClFN3O4.C2H6/c1-9-4-5-12(11(19)8-9)20-16-13(17(25)21-26-7-6-23)14(18)15(10(2)24)22(16)3;1-2/h4-5,8,20,23H,6-7H2,1-3H3,(H,21,25);1-2H3. The number of aliphatic hydroxyl groups is 1. The lowest BCUT2D eigenvalue weighted by atomic mass is 10.2. The number of aromatic nitrogens is 1. The van der Waals surface area contributed by atoms with Gasteiger partial charge < -0.3 is 15.0 Å². The van der Waals surface area contributed by atoms with Crippen LogP contribution >= 0.6 is 11.6 Å². The van der Waals surface area contributed by atoms with Crippen molar-refractivity contribution < 1.29 is 23.9 Å². The van der Waals surface area contributed by atoms with E-state index in [4.69, 9.17) is 21.5 Å². The Bertz CT molecular complexity index is 852. The lowest BCUT2D eigenvalue weighted by molar-refractivity contribution is 0.0169. The van der Waals surface area contributed by atoms with Gasteiger partial charge in [-0.3, -0.25) is 14.4 Å². The third kappa shape index (κ3) is 5.31. The SMILES string of the molecule is CC.CC(=O)c1c(Cl)c(C(=O)NOCCO)c(Nc2ccc(C)cc2F)n1C. The lowest BCUT2D eigenvalue weighted by Gasteiger charge is -2.12. The van der Waals surface area contributed by atoms with E-state index in [-0.39, 0.29) is 46.8 Å². The summed E-state index contributed by atoms with van der Waals surface area (Å²) in [4.78, 5) is 29.1. The van der Waals surface area contributed by atoms with Gasteiger partial charge in [0.05, 0.1) is 23.9 Å². The Hall–Kier alpha value is -2.42. The normalized spacial score (nSPS) is 10.1. The number of anilines is 2. The molecule has 1 aromatic carbocycles. The highest BCUT2D eigenvalue weighted by Gasteiger charge is 2.28. The Labute approximate surface area is 168 Å². The number of carbonyl (C=O) groups excluding carboxylic acids is 2. The molecule has 0 aliphatic heterocycles. The third-order valence-corrected chi connectivity index (χ3v) is 4.00. The number of aliphatic hydroxyl groups excluding tert-OH is 1. The molecule has 1 heterocycles. The Kier molecular flexibility index (Phi) is 9.11. The molecular weight excluding hydrogens is 389 g/mol. The number of halogens is 2. The summed E-state index contributed by atoms with van der Waals surface area (Å²) < 4.78 is 15.6. The summed E-state index contributed by atoms with van der Waals surface area (Å²) in [6.07, 6.45) is 0. The second-order valence-electron chi connectivity index (χ2n) is 5.61. The van der Waals surface area contributed by atoms with Crippen LogP contribution < -0.4 is 10.8 Å². The van der Waals surface area contributed by atoms with Crippen LogP contribution in [0.3, 0.4) is 0 Å². The van der Waals surface area contributed by atoms with Crippen molar-refractivity contribution in [1.82, 2.24) is 10.0 Å². The molecule has 3 N–H and O–H groups in total. The highest BCUT2D eigenvalue weighted by molar-refractivity contribution is 6.37. The molecule has 0 saturated heterocycles. The highest BCUT2D eigenvalue weighted by Crippen LogP contribution is 2.34. The van der Waals surface area contributed by atoms with E-state index >= 15 is 0 Å². The molecule has 0 fully saturated rings. The first-order valence-corrected chi connectivity index (χ1v) is 9.11. The zero-order valence-corrected chi connectivity index (χ0v) is 17.3. The topological polar surface area (TPSA) is 92.6 Å². The van der Waals surface area contributed by atoms with Gasteiger partial charge in [0.15, 0.2) is 5.78 Å². The minimum Gasteiger partial charge on any atom is -0.394 e. The van der Waals surface area contributed by atoms with Gasteiger partial charge in [-0.2, -0.15) is 0 Å². The van der Waals surface area contributed by atoms with Crippen LogP contribution in [0.5, 0.6) is 0 Å². The van der Waals surface area contributed by atoms with E-state index in [9.17, 15) is 14.0 Å². The summed E-state index contributed by atoms with van der Waals surface area (Å²) >= 11 is 6.23. The number of carbonyl (C=O) groups is 2. The number of hydrogen-bond acceptors (Lipinski definition) is 5. The van der Waals surface area contributed by atoms with E-state index in [1.165, 1.54) is 30.7 Å². The monoisotopic (exact) mass is 413 g/mol. The van der Waals surface area contributed by atoms with Gasteiger partial charge in [0.25, 0.3) is 5.91 Å². The summed E-state index contributed by atoms with van der Waals surface area (Å²) in [6, 6.07) is 4.55. The number of amides is 1. The molecule has 0 atom stereocenters. The molecule has 28 heavy (non-hydrogen) atoms. The molecule has 1 amide bonds. The largest absolute Gasteiger partial charge is 0.394 e. The van der Waals surface area contributed by atoms with Crippen molar-refractivity contribution in [2.24, 2.45) is 7.05 Å². The smallest absolute Gasteiger partial charge is 0.280 e. The highest BCUT2D eigenvalue weighted by atomic mass is 35.5. The fourth-order valence-electron chi connectivity index (χ4n) is 2.46. The summed E-state index contributed by atoms with van der Waals surface area (Å²) in [5.41, 5.74) is 3.00. The van der Waals surface area contributed by atoms with Crippen molar-refractivity contribution in [3.8, 4) is 0 Å². The quantitative estimate of drug-likeness (QED) is 0.365. The first-order valence-electron chi connectivity index (χ1n) is 8.73. The minimum absolute atomic E-state index is 0.0720. The molecule has 0 saturated carbocycles. The fraction of sp³-hybridized carbons (Fsp3) is 0.368. The number of rotatable bonds is 7. The average molecular weight is 414 g/mol. The molecule has 0 unspecified atom stereocenters. The molecule has 9 heteroatoms. The Morgan fingerprint density at radius 3 is 2.50 bits per heavy atom. The molecule has 1 aromatic heterocycles. The first kappa shape index (κ1) is 23.6. The van der Waals surface area contributed by atoms with Crippen LogP contribution in [0.25, 0.3) is 0 Å². The van der Waals surface area contributed by atoms with Crippen LogP contribution in [-0.2, 0) is 11.9 Å². The van der Waals surface area contributed by atoms with E-state index < -0.39 is 11.7 Å². The number of ketones is 1. The van der Waals surface area contributed by atoms with Crippen LogP contribution in [-0.4, -0.2) is 34.6 Å². The van der Waals surface area contributed by atoms with Gasteiger partial charge >= 0.3 is 0 Å². The molecule has 0 radical (unpaired) electrons. The van der Waals surface area contributed by atoms with Crippen LogP contribution in [0, 0.1) is 12.7 Å².